The Morgan fingerprint density at radius 3 is 2.54 bits per heavy atom. The molecule has 0 aromatic heterocycles. The molecule has 2 aliphatic rings. The molecule has 1 spiro atoms. The molecule has 1 amide bonds. The van der Waals surface area contributed by atoms with Gasteiger partial charge in [-0.1, -0.05) is 6.92 Å². The van der Waals surface area contributed by atoms with Gasteiger partial charge in [0.1, 0.15) is 0 Å². The third-order valence-corrected chi connectivity index (χ3v) is 3.45. The van der Waals surface area contributed by atoms with E-state index in [2.05, 4.69) is 11.8 Å². The van der Waals surface area contributed by atoms with Gasteiger partial charge in [-0.2, -0.15) is 0 Å². The van der Waals surface area contributed by atoms with E-state index in [1.807, 2.05) is 4.90 Å². The summed E-state index contributed by atoms with van der Waals surface area (Å²) < 4.78 is 0. The van der Waals surface area contributed by atoms with Crippen molar-refractivity contribution in [2.24, 2.45) is 5.41 Å². The quantitative estimate of drug-likeness (QED) is 0.591. The number of amides is 1. The second kappa shape index (κ2) is 2.98. The Morgan fingerprint density at radius 2 is 2.08 bits per heavy atom. The minimum absolute atomic E-state index is 0.242. The van der Waals surface area contributed by atoms with Gasteiger partial charge in [0.15, 0.2) is 0 Å². The third-order valence-electron chi connectivity index (χ3n) is 3.45. The van der Waals surface area contributed by atoms with E-state index in [4.69, 9.17) is 0 Å². The molecule has 0 saturated carbocycles. The standard InChI is InChI=1S/C10H18N2O/c1-3-11-6-10(7-11)4-5-12(8-10)9(2)13/h3-8H2,1-2H3. The summed E-state index contributed by atoms with van der Waals surface area (Å²) in [5.41, 5.74) is 0.474. The van der Waals surface area contributed by atoms with Crippen LogP contribution in [0.2, 0.25) is 0 Å². The second-order valence-corrected chi connectivity index (χ2v) is 4.49. The van der Waals surface area contributed by atoms with Crippen molar-refractivity contribution in [3.05, 3.63) is 0 Å². The molecule has 0 N–H and O–H groups in total. The van der Waals surface area contributed by atoms with Crippen LogP contribution in [0.25, 0.3) is 0 Å². The molecule has 0 radical (unpaired) electrons. The number of nitrogens with zero attached hydrogens (tertiary/aromatic N) is 2. The normalized spacial score (nSPS) is 26.5. The summed E-state index contributed by atoms with van der Waals surface area (Å²) in [4.78, 5) is 15.6. The number of carbonyl (C=O) groups is 1. The van der Waals surface area contributed by atoms with Crippen molar-refractivity contribution in [3.63, 3.8) is 0 Å². The fourth-order valence-corrected chi connectivity index (χ4v) is 2.59. The lowest BCUT2D eigenvalue weighted by Gasteiger charge is -2.47. The Labute approximate surface area is 79.7 Å². The van der Waals surface area contributed by atoms with E-state index in [1.54, 1.807) is 6.92 Å². The first-order valence-corrected chi connectivity index (χ1v) is 5.13. The minimum atomic E-state index is 0.242. The Hall–Kier alpha value is -0.570. The van der Waals surface area contributed by atoms with Gasteiger partial charge in [0.25, 0.3) is 0 Å². The second-order valence-electron chi connectivity index (χ2n) is 4.49. The van der Waals surface area contributed by atoms with Crippen molar-refractivity contribution in [2.75, 3.05) is 32.7 Å². The minimum Gasteiger partial charge on any atom is -0.342 e. The summed E-state index contributed by atoms with van der Waals surface area (Å²) >= 11 is 0. The van der Waals surface area contributed by atoms with E-state index in [1.165, 1.54) is 19.5 Å². The lowest BCUT2D eigenvalue weighted by molar-refractivity contribution is -0.128. The molecule has 2 heterocycles. The summed E-state index contributed by atoms with van der Waals surface area (Å²) in [6.07, 6.45) is 1.21. The highest BCUT2D eigenvalue weighted by atomic mass is 16.2. The van der Waals surface area contributed by atoms with Gasteiger partial charge in [0.05, 0.1) is 0 Å². The molecule has 74 valence electrons. The zero-order valence-corrected chi connectivity index (χ0v) is 8.55. The van der Waals surface area contributed by atoms with E-state index >= 15 is 0 Å². The maximum absolute atomic E-state index is 11.1. The van der Waals surface area contributed by atoms with Crippen LogP contribution in [-0.2, 0) is 4.79 Å². The van der Waals surface area contributed by atoms with E-state index in [9.17, 15) is 4.79 Å². The highest BCUT2D eigenvalue weighted by molar-refractivity contribution is 5.73. The van der Waals surface area contributed by atoms with E-state index in [-0.39, 0.29) is 5.91 Å². The molecule has 0 atom stereocenters. The maximum Gasteiger partial charge on any atom is 0.219 e. The Bertz CT molecular complexity index is 221. The van der Waals surface area contributed by atoms with Crippen LogP contribution in [0.1, 0.15) is 20.3 Å². The average molecular weight is 182 g/mol. The highest BCUT2D eigenvalue weighted by Gasteiger charge is 2.47. The summed E-state index contributed by atoms with van der Waals surface area (Å²) in [6, 6.07) is 0. The van der Waals surface area contributed by atoms with Crippen molar-refractivity contribution in [3.8, 4) is 0 Å². The van der Waals surface area contributed by atoms with Crippen LogP contribution in [-0.4, -0.2) is 48.4 Å². The molecule has 2 fully saturated rings. The Balaban J connectivity index is 1.89. The van der Waals surface area contributed by atoms with E-state index in [0.717, 1.165) is 19.6 Å². The molecule has 0 aromatic rings. The van der Waals surface area contributed by atoms with Gasteiger partial charge in [-0.15, -0.1) is 0 Å². The average Bonchev–Trinajstić information content (AvgIpc) is 2.45. The van der Waals surface area contributed by atoms with E-state index < -0.39 is 0 Å². The van der Waals surface area contributed by atoms with Crippen LogP contribution in [0.3, 0.4) is 0 Å². The fourth-order valence-electron chi connectivity index (χ4n) is 2.59. The van der Waals surface area contributed by atoms with Crippen molar-refractivity contribution in [1.29, 1.82) is 0 Å². The fraction of sp³-hybridized carbons (Fsp3) is 0.900. The van der Waals surface area contributed by atoms with Crippen LogP contribution >= 0.6 is 0 Å². The molecule has 3 nitrogen and oxygen atoms in total. The van der Waals surface area contributed by atoms with Gasteiger partial charge in [-0.25, -0.2) is 0 Å². The Kier molecular flexibility index (Phi) is 2.06. The summed E-state index contributed by atoms with van der Waals surface area (Å²) in [7, 11) is 0. The monoisotopic (exact) mass is 182 g/mol. The third kappa shape index (κ3) is 1.46. The molecule has 3 heteroatoms. The molecule has 2 saturated heterocycles. The van der Waals surface area contributed by atoms with Crippen LogP contribution in [0.15, 0.2) is 0 Å². The first-order valence-electron chi connectivity index (χ1n) is 5.13. The molecular weight excluding hydrogens is 164 g/mol. The largest absolute Gasteiger partial charge is 0.342 e. The maximum atomic E-state index is 11.1. The lowest BCUT2D eigenvalue weighted by Crippen LogP contribution is -2.57. The molecule has 2 rings (SSSR count). The molecule has 2 aliphatic heterocycles. The smallest absolute Gasteiger partial charge is 0.219 e. The first-order chi connectivity index (χ1) is 6.15. The predicted octanol–water partition coefficient (Wildman–Crippen LogP) is 0.560. The highest BCUT2D eigenvalue weighted by Crippen LogP contribution is 2.39. The van der Waals surface area contributed by atoms with Crippen molar-refractivity contribution in [1.82, 2.24) is 9.80 Å². The SMILES string of the molecule is CCN1CC2(CCN(C(C)=O)C2)C1. The van der Waals surface area contributed by atoms with E-state index in [0.29, 0.717) is 5.41 Å². The van der Waals surface area contributed by atoms with Crippen LogP contribution in [0.4, 0.5) is 0 Å². The molecule has 0 aromatic carbocycles. The summed E-state index contributed by atoms with van der Waals surface area (Å²) in [6.45, 7) is 9.41. The molecule has 0 bridgehead atoms. The van der Waals surface area contributed by atoms with Crippen molar-refractivity contribution >= 4 is 5.91 Å². The molecule has 0 unspecified atom stereocenters. The van der Waals surface area contributed by atoms with Gasteiger partial charge in [0, 0.05) is 38.5 Å². The lowest BCUT2D eigenvalue weighted by atomic mass is 9.79. The zero-order chi connectivity index (χ0) is 9.47. The van der Waals surface area contributed by atoms with Crippen LogP contribution in [0.5, 0.6) is 0 Å². The van der Waals surface area contributed by atoms with Gasteiger partial charge < -0.3 is 9.80 Å². The van der Waals surface area contributed by atoms with Crippen molar-refractivity contribution < 1.29 is 4.79 Å². The zero-order valence-electron chi connectivity index (χ0n) is 8.55. The number of carbonyl (C=O) groups excluding carboxylic acids is 1. The Morgan fingerprint density at radius 1 is 1.38 bits per heavy atom. The summed E-state index contributed by atoms with van der Waals surface area (Å²) in [5, 5.41) is 0. The number of rotatable bonds is 1. The van der Waals surface area contributed by atoms with Gasteiger partial charge in [0.2, 0.25) is 5.91 Å². The van der Waals surface area contributed by atoms with Crippen molar-refractivity contribution in [2.45, 2.75) is 20.3 Å². The summed E-state index contributed by atoms with van der Waals surface area (Å²) in [5.74, 6) is 0.242. The number of hydrogen-bond donors (Lipinski definition) is 0. The predicted molar refractivity (Wildman–Crippen MR) is 51.4 cm³/mol. The molecular formula is C10H18N2O. The van der Waals surface area contributed by atoms with Gasteiger partial charge in [-0.05, 0) is 13.0 Å². The van der Waals surface area contributed by atoms with Gasteiger partial charge in [-0.3, -0.25) is 4.79 Å². The molecule has 0 aliphatic carbocycles. The van der Waals surface area contributed by atoms with Crippen LogP contribution in [0, 0.1) is 5.41 Å². The number of likely N-dealkylation sites (tertiary alicyclic amines) is 2. The van der Waals surface area contributed by atoms with Crippen LogP contribution < -0.4 is 0 Å². The molecule has 13 heavy (non-hydrogen) atoms. The topological polar surface area (TPSA) is 23.6 Å². The number of hydrogen-bond acceptors (Lipinski definition) is 2. The van der Waals surface area contributed by atoms with Gasteiger partial charge >= 0.3 is 0 Å². The first kappa shape index (κ1) is 9.00.